The van der Waals surface area contributed by atoms with E-state index in [0.29, 0.717) is 28.5 Å². The number of nitrogens with zero attached hydrogens (tertiary/aromatic N) is 3. The van der Waals surface area contributed by atoms with Crippen LogP contribution in [0.5, 0.6) is 0 Å². The molecule has 12 heteroatoms. The van der Waals surface area contributed by atoms with Crippen molar-refractivity contribution in [1.29, 1.82) is 0 Å². The first-order chi connectivity index (χ1) is 17.3. The quantitative estimate of drug-likeness (QED) is 0.242. The standard InChI is InChI=1S/C25H23F4N7O/c1-24(2,3)21-35-19(20(36-21)18-8-9-31-22(30)34-18)13-10-15(26)12-17(11-13)33-23(37)32-16-6-4-14(5-7-16)25(27,28)29/h4-12H,1-3H3,(H,35,36)(H2,30,31,34)(H2,32,33,37). The highest BCUT2D eigenvalue weighted by Crippen LogP contribution is 2.34. The highest BCUT2D eigenvalue weighted by Gasteiger charge is 2.30. The number of carbonyl (C=O) groups is 1. The predicted molar refractivity (Wildman–Crippen MR) is 132 cm³/mol. The van der Waals surface area contributed by atoms with Gasteiger partial charge in [-0.05, 0) is 48.5 Å². The Hall–Kier alpha value is -4.48. The number of H-pyrrole nitrogens is 1. The number of nitrogens with one attached hydrogen (secondary N) is 3. The maximum atomic E-state index is 14.6. The van der Waals surface area contributed by atoms with Crippen LogP contribution in [0.15, 0.2) is 54.7 Å². The summed E-state index contributed by atoms with van der Waals surface area (Å²) in [6.45, 7) is 5.87. The summed E-state index contributed by atoms with van der Waals surface area (Å²) in [7, 11) is 0. The molecule has 2 heterocycles. The molecule has 0 aliphatic carbocycles. The molecule has 0 aliphatic rings. The van der Waals surface area contributed by atoms with Gasteiger partial charge in [0.2, 0.25) is 5.95 Å². The van der Waals surface area contributed by atoms with Gasteiger partial charge < -0.3 is 21.4 Å². The molecule has 192 valence electrons. The lowest BCUT2D eigenvalue weighted by Gasteiger charge is -2.14. The van der Waals surface area contributed by atoms with Crippen molar-refractivity contribution in [2.24, 2.45) is 0 Å². The fraction of sp³-hybridized carbons (Fsp3) is 0.200. The summed E-state index contributed by atoms with van der Waals surface area (Å²) in [5.41, 5.74) is 6.44. The molecule has 2 amide bonds. The van der Waals surface area contributed by atoms with Gasteiger partial charge in [-0.25, -0.2) is 24.1 Å². The molecule has 0 atom stereocenters. The number of hydrogen-bond donors (Lipinski definition) is 4. The molecular formula is C25H23F4N7O. The van der Waals surface area contributed by atoms with E-state index in [1.807, 2.05) is 20.8 Å². The lowest BCUT2D eigenvalue weighted by Crippen LogP contribution is -2.19. The van der Waals surface area contributed by atoms with E-state index in [4.69, 9.17) is 5.73 Å². The summed E-state index contributed by atoms with van der Waals surface area (Å²) in [5, 5.41) is 4.92. The number of anilines is 3. The van der Waals surface area contributed by atoms with Crippen molar-refractivity contribution < 1.29 is 22.4 Å². The van der Waals surface area contributed by atoms with Crippen molar-refractivity contribution in [2.75, 3.05) is 16.4 Å². The van der Waals surface area contributed by atoms with E-state index in [-0.39, 0.29) is 22.7 Å². The molecule has 0 aliphatic heterocycles. The third-order valence-electron chi connectivity index (χ3n) is 5.24. The smallest absolute Gasteiger partial charge is 0.368 e. The van der Waals surface area contributed by atoms with Gasteiger partial charge >= 0.3 is 12.2 Å². The second-order valence-electron chi connectivity index (χ2n) is 9.24. The normalized spacial score (nSPS) is 11.9. The molecule has 0 fully saturated rings. The Kier molecular flexibility index (Phi) is 6.59. The van der Waals surface area contributed by atoms with E-state index < -0.39 is 23.6 Å². The fourth-order valence-corrected chi connectivity index (χ4v) is 3.47. The second kappa shape index (κ2) is 9.52. The molecule has 0 unspecified atom stereocenters. The molecule has 0 spiro atoms. The maximum Gasteiger partial charge on any atom is 0.416 e. The van der Waals surface area contributed by atoms with E-state index in [9.17, 15) is 22.4 Å². The molecule has 4 rings (SSSR count). The van der Waals surface area contributed by atoms with E-state index in [2.05, 4.69) is 30.6 Å². The number of carbonyl (C=O) groups excluding carboxylic acids is 1. The Morgan fingerprint density at radius 3 is 2.24 bits per heavy atom. The molecule has 5 N–H and O–H groups in total. The number of nitrogen functional groups attached to an aromatic ring is 1. The van der Waals surface area contributed by atoms with Crippen LogP contribution in [-0.4, -0.2) is 26.0 Å². The number of nitrogens with two attached hydrogens (primary N) is 1. The number of alkyl halides is 3. The molecule has 2 aromatic heterocycles. The number of amides is 2. The molecule has 0 saturated carbocycles. The number of halogens is 4. The molecule has 0 bridgehead atoms. The van der Waals surface area contributed by atoms with Gasteiger partial charge in [0.25, 0.3) is 0 Å². The Bertz CT molecular complexity index is 1440. The average molecular weight is 513 g/mol. The van der Waals surface area contributed by atoms with Crippen LogP contribution in [0.25, 0.3) is 22.6 Å². The first kappa shape index (κ1) is 25.6. The Morgan fingerprint density at radius 2 is 1.62 bits per heavy atom. The Labute approximate surface area is 209 Å². The lowest BCUT2D eigenvalue weighted by molar-refractivity contribution is -0.137. The van der Waals surface area contributed by atoms with Crippen molar-refractivity contribution in [3.63, 3.8) is 0 Å². The van der Waals surface area contributed by atoms with Gasteiger partial charge in [0, 0.05) is 28.6 Å². The third kappa shape index (κ3) is 6.02. The zero-order chi connectivity index (χ0) is 27.0. The predicted octanol–water partition coefficient (Wildman–Crippen LogP) is 6.22. The third-order valence-corrected chi connectivity index (χ3v) is 5.24. The van der Waals surface area contributed by atoms with E-state index in [1.54, 1.807) is 6.07 Å². The van der Waals surface area contributed by atoms with Crippen LogP contribution in [0.1, 0.15) is 32.2 Å². The number of aromatic amines is 1. The molecule has 37 heavy (non-hydrogen) atoms. The summed E-state index contributed by atoms with van der Waals surface area (Å²) < 4.78 is 52.9. The summed E-state index contributed by atoms with van der Waals surface area (Å²) in [5.74, 6) is 0.0289. The number of benzene rings is 2. The van der Waals surface area contributed by atoms with Crippen LogP contribution in [0.3, 0.4) is 0 Å². The molecule has 2 aromatic carbocycles. The van der Waals surface area contributed by atoms with Gasteiger partial charge in [-0.3, -0.25) is 0 Å². The minimum Gasteiger partial charge on any atom is -0.368 e. The number of aromatic nitrogens is 4. The van der Waals surface area contributed by atoms with Crippen molar-refractivity contribution >= 4 is 23.4 Å². The van der Waals surface area contributed by atoms with E-state index in [1.165, 1.54) is 18.3 Å². The molecule has 0 saturated heterocycles. The monoisotopic (exact) mass is 513 g/mol. The SMILES string of the molecule is CC(C)(C)c1nc(-c2cc(F)cc(NC(=O)Nc3ccc(C(F)(F)F)cc3)c2)c(-c2ccnc(N)n2)[nH]1. The van der Waals surface area contributed by atoms with Crippen molar-refractivity contribution in [1.82, 2.24) is 19.9 Å². The molecule has 4 aromatic rings. The van der Waals surface area contributed by atoms with Crippen LogP contribution in [0.2, 0.25) is 0 Å². The Morgan fingerprint density at radius 1 is 0.946 bits per heavy atom. The second-order valence-corrected chi connectivity index (χ2v) is 9.24. The van der Waals surface area contributed by atoms with Gasteiger partial charge in [0.15, 0.2) is 0 Å². The van der Waals surface area contributed by atoms with Crippen LogP contribution in [-0.2, 0) is 11.6 Å². The first-order valence-corrected chi connectivity index (χ1v) is 11.1. The van der Waals surface area contributed by atoms with Crippen molar-refractivity contribution in [2.45, 2.75) is 32.4 Å². The van der Waals surface area contributed by atoms with Crippen molar-refractivity contribution in [3.8, 4) is 22.6 Å². The van der Waals surface area contributed by atoms with Gasteiger partial charge in [-0.1, -0.05) is 20.8 Å². The maximum absolute atomic E-state index is 14.6. The molecule has 8 nitrogen and oxygen atoms in total. The summed E-state index contributed by atoms with van der Waals surface area (Å²) in [6.07, 6.45) is -3.00. The average Bonchev–Trinajstić information content (AvgIpc) is 3.25. The van der Waals surface area contributed by atoms with Crippen LogP contribution in [0.4, 0.5) is 39.7 Å². The van der Waals surface area contributed by atoms with Gasteiger partial charge in [0.1, 0.15) is 11.6 Å². The number of hydrogen-bond acceptors (Lipinski definition) is 5. The highest BCUT2D eigenvalue weighted by molar-refractivity contribution is 6.00. The topological polar surface area (TPSA) is 122 Å². The number of rotatable bonds is 4. The minimum absolute atomic E-state index is 0.0527. The van der Waals surface area contributed by atoms with Crippen LogP contribution in [0, 0.1) is 5.82 Å². The van der Waals surface area contributed by atoms with E-state index >= 15 is 0 Å². The zero-order valence-electron chi connectivity index (χ0n) is 20.0. The van der Waals surface area contributed by atoms with Gasteiger partial charge in [0.05, 0.1) is 22.6 Å². The minimum atomic E-state index is -4.49. The van der Waals surface area contributed by atoms with E-state index in [0.717, 1.165) is 30.3 Å². The largest absolute Gasteiger partial charge is 0.416 e. The Balaban J connectivity index is 1.64. The molecule has 0 radical (unpaired) electrons. The number of imidazole rings is 1. The van der Waals surface area contributed by atoms with Gasteiger partial charge in [-0.15, -0.1) is 0 Å². The zero-order valence-corrected chi connectivity index (χ0v) is 20.0. The number of urea groups is 1. The van der Waals surface area contributed by atoms with Gasteiger partial charge in [-0.2, -0.15) is 13.2 Å². The summed E-state index contributed by atoms with van der Waals surface area (Å²) in [6, 6.07) is 8.70. The first-order valence-electron chi connectivity index (χ1n) is 11.1. The summed E-state index contributed by atoms with van der Waals surface area (Å²) >= 11 is 0. The molecular weight excluding hydrogens is 490 g/mol. The lowest BCUT2D eigenvalue weighted by atomic mass is 9.96. The fourth-order valence-electron chi connectivity index (χ4n) is 3.47. The van der Waals surface area contributed by atoms with Crippen molar-refractivity contribution in [3.05, 3.63) is 71.9 Å². The van der Waals surface area contributed by atoms with Crippen LogP contribution < -0.4 is 16.4 Å². The van der Waals surface area contributed by atoms with Crippen LogP contribution >= 0.6 is 0 Å². The summed E-state index contributed by atoms with van der Waals surface area (Å²) in [4.78, 5) is 28.5. The highest BCUT2D eigenvalue weighted by atomic mass is 19.4.